The Morgan fingerprint density at radius 1 is 1.19 bits per heavy atom. The van der Waals surface area contributed by atoms with Crippen LogP contribution in [-0.4, -0.2) is 17.4 Å². The molecule has 0 amide bonds. The van der Waals surface area contributed by atoms with E-state index < -0.39 is 11.2 Å². The van der Waals surface area contributed by atoms with Gasteiger partial charge in [-0.3, -0.25) is 0 Å². The van der Waals surface area contributed by atoms with E-state index in [0.717, 1.165) is 37.1 Å². The zero-order valence-electron chi connectivity index (χ0n) is 10.2. The van der Waals surface area contributed by atoms with Gasteiger partial charge in [0.25, 0.3) is 0 Å². The Bertz CT molecular complexity index is 326. The molecule has 0 radical (unpaired) electrons. The molecule has 1 atom stereocenters. The van der Waals surface area contributed by atoms with Gasteiger partial charge >= 0.3 is 0 Å². The van der Waals surface area contributed by atoms with Gasteiger partial charge in [0.15, 0.2) is 4.90 Å². The number of nitrogens with two attached hydrogens (primary N) is 1. The van der Waals surface area contributed by atoms with Gasteiger partial charge in [0.2, 0.25) is 0 Å². The molecule has 0 heterocycles. The lowest BCUT2D eigenvalue weighted by atomic mass is 10.0. The van der Waals surface area contributed by atoms with Crippen molar-refractivity contribution in [3.8, 4) is 0 Å². The predicted molar refractivity (Wildman–Crippen MR) is 70.1 cm³/mol. The average Bonchev–Trinajstić information content (AvgIpc) is 2.29. The lowest BCUT2D eigenvalue weighted by Crippen LogP contribution is -2.02. The first kappa shape index (κ1) is 13.6. The zero-order valence-corrected chi connectivity index (χ0v) is 11.0. The molecule has 1 aromatic rings. The van der Waals surface area contributed by atoms with Crippen molar-refractivity contribution < 1.29 is 4.55 Å². The second-order valence-corrected chi connectivity index (χ2v) is 5.42. The molecule has 0 saturated carbocycles. The van der Waals surface area contributed by atoms with E-state index in [0.29, 0.717) is 0 Å². The third kappa shape index (κ3) is 4.16. The molecule has 0 fully saturated rings. The first-order valence-electron chi connectivity index (χ1n) is 5.83. The van der Waals surface area contributed by atoms with Gasteiger partial charge < -0.3 is 10.3 Å². The topological polar surface area (TPSA) is 49.1 Å². The summed E-state index contributed by atoms with van der Waals surface area (Å²) in [6.07, 6.45) is 5.93. The Balaban J connectivity index is 2.78. The van der Waals surface area contributed by atoms with Crippen molar-refractivity contribution in [3.63, 3.8) is 0 Å². The van der Waals surface area contributed by atoms with Gasteiger partial charge in [0.05, 0.1) is 0 Å². The Kier molecular flexibility index (Phi) is 5.88. The van der Waals surface area contributed by atoms with E-state index in [2.05, 4.69) is 19.1 Å². The Morgan fingerprint density at radius 2 is 1.88 bits per heavy atom. The van der Waals surface area contributed by atoms with Crippen molar-refractivity contribution in [2.45, 2.75) is 37.5 Å². The molecule has 0 aliphatic rings. The molecule has 1 aromatic carbocycles. The summed E-state index contributed by atoms with van der Waals surface area (Å²) in [5.41, 5.74) is 8.04. The van der Waals surface area contributed by atoms with Gasteiger partial charge in [-0.05, 0) is 66.7 Å². The number of unbranched alkanes of at least 4 members (excludes halogenated alkanes) is 1. The maximum absolute atomic E-state index is 11.5. The summed E-state index contributed by atoms with van der Waals surface area (Å²) in [5.74, 6) is 0. The third-order valence-corrected chi connectivity index (χ3v) is 3.59. The predicted octanol–water partition coefficient (Wildman–Crippen LogP) is 2.27. The summed E-state index contributed by atoms with van der Waals surface area (Å²) in [6, 6.07) is 6.32. The highest BCUT2D eigenvalue weighted by Crippen LogP contribution is 2.17. The number of benzene rings is 1. The van der Waals surface area contributed by atoms with E-state index in [1.54, 1.807) is 6.26 Å². The van der Waals surface area contributed by atoms with E-state index in [1.807, 2.05) is 6.07 Å². The molecule has 0 saturated heterocycles. The minimum atomic E-state index is -0.883. The molecule has 1 unspecified atom stereocenters. The number of hydrogen-bond donors (Lipinski definition) is 1. The van der Waals surface area contributed by atoms with Crippen LogP contribution in [0.5, 0.6) is 0 Å². The number of hydrogen-bond acceptors (Lipinski definition) is 2. The minimum Gasteiger partial charge on any atom is -0.612 e. The first-order valence-corrected chi connectivity index (χ1v) is 7.39. The maximum atomic E-state index is 11.5. The van der Waals surface area contributed by atoms with Crippen LogP contribution in [0.2, 0.25) is 0 Å². The fourth-order valence-electron chi connectivity index (χ4n) is 1.72. The molecule has 90 valence electrons. The van der Waals surface area contributed by atoms with Crippen molar-refractivity contribution in [1.29, 1.82) is 0 Å². The second-order valence-electron chi connectivity index (χ2n) is 4.04. The van der Waals surface area contributed by atoms with Crippen LogP contribution in [0.4, 0.5) is 0 Å². The minimum absolute atomic E-state index is 0.750. The molecule has 0 aromatic heterocycles. The van der Waals surface area contributed by atoms with Crippen LogP contribution in [0.15, 0.2) is 23.1 Å². The van der Waals surface area contributed by atoms with Crippen LogP contribution < -0.4 is 5.73 Å². The van der Waals surface area contributed by atoms with Crippen molar-refractivity contribution >= 4 is 11.2 Å². The second kappa shape index (κ2) is 6.94. The fourth-order valence-corrected chi connectivity index (χ4v) is 2.35. The van der Waals surface area contributed by atoms with Gasteiger partial charge in [-0.25, -0.2) is 0 Å². The van der Waals surface area contributed by atoms with E-state index in [-0.39, 0.29) is 0 Å². The molecule has 0 spiro atoms. The maximum Gasteiger partial charge on any atom is 0.152 e. The van der Waals surface area contributed by atoms with Crippen LogP contribution in [0, 0.1) is 0 Å². The molecule has 2 N–H and O–H groups in total. The van der Waals surface area contributed by atoms with Crippen molar-refractivity contribution in [1.82, 2.24) is 0 Å². The molecule has 0 aliphatic heterocycles. The number of rotatable bonds is 6. The Labute approximate surface area is 101 Å². The normalized spacial score (nSPS) is 12.8. The molecule has 0 bridgehead atoms. The quantitative estimate of drug-likeness (QED) is 0.611. The molecule has 3 heteroatoms. The largest absolute Gasteiger partial charge is 0.612 e. The molecule has 16 heavy (non-hydrogen) atoms. The van der Waals surface area contributed by atoms with E-state index in [4.69, 9.17) is 5.73 Å². The highest BCUT2D eigenvalue weighted by molar-refractivity contribution is 7.90. The lowest BCUT2D eigenvalue weighted by Gasteiger charge is -2.09. The summed E-state index contributed by atoms with van der Waals surface area (Å²) < 4.78 is 11.5. The SMILES string of the molecule is CCc1cc(CCCCN)cc([S+](C)[O-])c1. The summed E-state index contributed by atoms with van der Waals surface area (Å²) >= 11 is -0.883. The van der Waals surface area contributed by atoms with E-state index in [9.17, 15) is 4.55 Å². The molecular formula is C13H21NOS. The summed E-state index contributed by atoms with van der Waals surface area (Å²) in [7, 11) is 0. The first-order chi connectivity index (χ1) is 7.67. The molecule has 2 nitrogen and oxygen atoms in total. The van der Waals surface area contributed by atoms with Gasteiger partial charge in [0, 0.05) is 0 Å². The van der Waals surface area contributed by atoms with Crippen LogP contribution in [0.25, 0.3) is 0 Å². The van der Waals surface area contributed by atoms with Gasteiger partial charge in [-0.2, -0.15) is 0 Å². The highest BCUT2D eigenvalue weighted by atomic mass is 32.2. The van der Waals surface area contributed by atoms with Gasteiger partial charge in [-0.15, -0.1) is 0 Å². The van der Waals surface area contributed by atoms with Crippen molar-refractivity contribution in [3.05, 3.63) is 29.3 Å². The smallest absolute Gasteiger partial charge is 0.152 e. The van der Waals surface area contributed by atoms with Gasteiger partial charge in [0.1, 0.15) is 6.26 Å². The highest BCUT2D eigenvalue weighted by Gasteiger charge is 2.07. The van der Waals surface area contributed by atoms with Crippen LogP contribution in [0.1, 0.15) is 30.9 Å². The van der Waals surface area contributed by atoms with Crippen LogP contribution in [-0.2, 0) is 24.0 Å². The lowest BCUT2D eigenvalue weighted by molar-refractivity contribution is 0.600. The summed E-state index contributed by atoms with van der Waals surface area (Å²) in [4.78, 5) is 0.946. The number of aryl methyl sites for hydroxylation is 2. The zero-order chi connectivity index (χ0) is 12.0. The third-order valence-electron chi connectivity index (χ3n) is 2.69. The van der Waals surface area contributed by atoms with Crippen molar-refractivity contribution in [2.75, 3.05) is 12.8 Å². The average molecular weight is 239 g/mol. The Hall–Kier alpha value is -0.510. The van der Waals surface area contributed by atoms with E-state index in [1.165, 1.54) is 11.1 Å². The summed E-state index contributed by atoms with van der Waals surface area (Å²) in [5, 5.41) is 0. The van der Waals surface area contributed by atoms with Crippen LogP contribution >= 0.6 is 0 Å². The molecule has 1 rings (SSSR count). The fraction of sp³-hybridized carbons (Fsp3) is 0.538. The summed E-state index contributed by atoms with van der Waals surface area (Å²) in [6.45, 7) is 2.88. The standard InChI is InChI=1S/C13H21NOS/c1-3-11-8-12(6-4-5-7-14)10-13(9-11)16(2)15/h8-10H,3-7,14H2,1-2H3. The monoisotopic (exact) mass is 239 g/mol. The van der Waals surface area contributed by atoms with E-state index >= 15 is 0 Å². The van der Waals surface area contributed by atoms with Crippen molar-refractivity contribution in [2.24, 2.45) is 5.73 Å². The van der Waals surface area contributed by atoms with Crippen LogP contribution in [0.3, 0.4) is 0 Å². The Morgan fingerprint density at radius 3 is 2.44 bits per heavy atom. The molecular weight excluding hydrogens is 218 g/mol. The van der Waals surface area contributed by atoms with Gasteiger partial charge in [-0.1, -0.05) is 13.0 Å². The molecule has 0 aliphatic carbocycles.